The monoisotopic (exact) mass is 257 g/mol. The van der Waals surface area contributed by atoms with E-state index >= 15 is 0 Å². The summed E-state index contributed by atoms with van der Waals surface area (Å²) in [5, 5.41) is 18.2. The average Bonchev–Trinajstić information content (AvgIpc) is 2.74. The van der Waals surface area contributed by atoms with E-state index in [9.17, 15) is 9.59 Å². The van der Waals surface area contributed by atoms with Gasteiger partial charge in [-0.1, -0.05) is 18.9 Å². The molecule has 0 aliphatic rings. The minimum atomic E-state index is -1.14. The molecule has 0 fully saturated rings. The van der Waals surface area contributed by atoms with E-state index < -0.39 is 24.6 Å². The van der Waals surface area contributed by atoms with Crippen LogP contribution >= 0.6 is 0 Å². The Labute approximate surface area is 103 Å². The molecule has 1 aromatic rings. The third kappa shape index (κ3) is 4.13. The van der Waals surface area contributed by atoms with Gasteiger partial charge in [0.2, 0.25) is 5.89 Å². The molecular formula is C10H15N3O5. The molecule has 0 spiro atoms. The molecule has 0 saturated heterocycles. The van der Waals surface area contributed by atoms with Gasteiger partial charge in [-0.15, -0.1) is 5.10 Å². The Morgan fingerprint density at radius 1 is 1.39 bits per heavy atom. The van der Waals surface area contributed by atoms with Crippen molar-refractivity contribution in [1.82, 2.24) is 10.2 Å². The van der Waals surface area contributed by atoms with E-state index in [1.54, 1.807) is 0 Å². The van der Waals surface area contributed by atoms with Crippen molar-refractivity contribution in [3.8, 4) is 0 Å². The highest BCUT2D eigenvalue weighted by molar-refractivity contribution is 5.89. The van der Waals surface area contributed by atoms with Gasteiger partial charge in [0.25, 0.3) is 5.91 Å². The van der Waals surface area contributed by atoms with Gasteiger partial charge in [-0.25, -0.2) is 4.79 Å². The first kappa shape index (κ1) is 14.1. The van der Waals surface area contributed by atoms with Gasteiger partial charge in [0.1, 0.15) is 6.61 Å². The minimum Gasteiger partial charge on any atom is -0.479 e. The highest BCUT2D eigenvalue weighted by atomic mass is 16.5. The van der Waals surface area contributed by atoms with Gasteiger partial charge in [0, 0.05) is 5.92 Å². The van der Waals surface area contributed by atoms with Crippen molar-refractivity contribution in [2.45, 2.75) is 32.8 Å². The number of rotatable bonds is 6. The Kier molecular flexibility index (Phi) is 4.78. The molecule has 0 bridgehead atoms. The van der Waals surface area contributed by atoms with Gasteiger partial charge < -0.3 is 14.3 Å². The van der Waals surface area contributed by atoms with Gasteiger partial charge in [0.15, 0.2) is 6.10 Å². The van der Waals surface area contributed by atoms with Crippen LogP contribution in [0.3, 0.4) is 0 Å². The molecule has 2 N–H and O–H groups in total. The van der Waals surface area contributed by atoms with Crippen LogP contribution in [0.25, 0.3) is 0 Å². The number of aliphatic carboxylic acids is 1. The fourth-order valence-corrected chi connectivity index (χ4v) is 0.946. The lowest BCUT2D eigenvalue weighted by molar-refractivity contribution is -0.150. The summed E-state index contributed by atoms with van der Waals surface area (Å²) in [5.41, 5.74) is 0. The number of anilines is 1. The Morgan fingerprint density at radius 2 is 2.06 bits per heavy atom. The van der Waals surface area contributed by atoms with Crippen LogP contribution in [0.1, 0.15) is 32.6 Å². The van der Waals surface area contributed by atoms with Crippen LogP contribution in [0.15, 0.2) is 4.42 Å². The van der Waals surface area contributed by atoms with E-state index in [1.807, 2.05) is 13.8 Å². The fraction of sp³-hybridized carbons (Fsp3) is 0.600. The second-order valence-corrected chi connectivity index (χ2v) is 3.94. The number of nitrogens with one attached hydrogen (secondary N) is 1. The predicted octanol–water partition coefficient (Wildman–Crippen LogP) is 0.621. The summed E-state index contributed by atoms with van der Waals surface area (Å²) in [6.45, 7) is 4.68. The van der Waals surface area contributed by atoms with Crippen LogP contribution in [0.5, 0.6) is 0 Å². The molecule has 8 heteroatoms. The summed E-state index contributed by atoms with van der Waals surface area (Å²) in [4.78, 5) is 21.8. The van der Waals surface area contributed by atoms with Crippen molar-refractivity contribution in [3.05, 3.63) is 5.89 Å². The number of aromatic nitrogens is 2. The van der Waals surface area contributed by atoms with Crippen LogP contribution < -0.4 is 5.32 Å². The molecule has 0 saturated carbocycles. The second kappa shape index (κ2) is 6.10. The van der Waals surface area contributed by atoms with Crippen LogP contribution in [-0.4, -0.2) is 39.9 Å². The molecule has 0 aliphatic heterocycles. The molecule has 0 aromatic carbocycles. The first-order valence-electron chi connectivity index (χ1n) is 5.37. The van der Waals surface area contributed by atoms with Gasteiger partial charge in [0.05, 0.1) is 0 Å². The quantitative estimate of drug-likeness (QED) is 0.767. The zero-order valence-corrected chi connectivity index (χ0v) is 10.3. The molecule has 8 nitrogen and oxygen atoms in total. The first-order valence-corrected chi connectivity index (χ1v) is 5.37. The molecule has 0 radical (unpaired) electrons. The third-order valence-corrected chi connectivity index (χ3v) is 1.99. The molecule has 1 aromatic heterocycles. The van der Waals surface area contributed by atoms with Gasteiger partial charge in [-0.2, -0.15) is 0 Å². The van der Waals surface area contributed by atoms with Crippen LogP contribution in [0.2, 0.25) is 0 Å². The van der Waals surface area contributed by atoms with Crippen molar-refractivity contribution in [2.24, 2.45) is 0 Å². The van der Waals surface area contributed by atoms with E-state index in [-0.39, 0.29) is 11.9 Å². The molecule has 0 aliphatic carbocycles. The van der Waals surface area contributed by atoms with Gasteiger partial charge >= 0.3 is 12.0 Å². The number of carbonyl (C=O) groups is 2. The Hall–Kier alpha value is -1.96. The number of hydrogen-bond acceptors (Lipinski definition) is 6. The summed E-state index contributed by atoms with van der Waals surface area (Å²) in [5.74, 6) is -1.22. The molecule has 1 atom stereocenters. The van der Waals surface area contributed by atoms with E-state index in [0.717, 1.165) is 0 Å². The van der Waals surface area contributed by atoms with E-state index in [2.05, 4.69) is 15.5 Å². The topological polar surface area (TPSA) is 115 Å². The highest BCUT2D eigenvalue weighted by Gasteiger charge is 2.15. The maximum Gasteiger partial charge on any atom is 0.332 e. The summed E-state index contributed by atoms with van der Waals surface area (Å²) >= 11 is 0. The largest absolute Gasteiger partial charge is 0.479 e. The van der Waals surface area contributed by atoms with Gasteiger partial charge in [-0.3, -0.25) is 10.1 Å². The fourth-order valence-electron chi connectivity index (χ4n) is 0.946. The van der Waals surface area contributed by atoms with Crippen molar-refractivity contribution in [2.75, 3.05) is 11.9 Å². The minimum absolute atomic E-state index is 0.0321. The first-order chi connectivity index (χ1) is 8.40. The maximum atomic E-state index is 11.4. The number of carbonyl (C=O) groups excluding carboxylic acids is 1. The maximum absolute atomic E-state index is 11.4. The number of hydrogen-bond donors (Lipinski definition) is 2. The lowest BCUT2D eigenvalue weighted by atomic mass is 10.2. The number of amides is 1. The van der Waals surface area contributed by atoms with Crippen molar-refractivity contribution >= 4 is 17.9 Å². The standard InChI is InChI=1S/C10H15N3O5/c1-5(2)8-12-13-10(18-8)11-7(14)4-17-6(3)9(15)16/h5-6H,4H2,1-3H3,(H,15,16)(H,11,13,14)/t6-/m0/s1. The number of carboxylic acid groups (broad SMARTS) is 1. The highest BCUT2D eigenvalue weighted by Crippen LogP contribution is 2.14. The molecular weight excluding hydrogens is 242 g/mol. The molecule has 100 valence electrons. The smallest absolute Gasteiger partial charge is 0.332 e. The lowest BCUT2D eigenvalue weighted by Gasteiger charge is -2.06. The third-order valence-electron chi connectivity index (χ3n) is 1.99. The molecule has 1 rings (SSSR count). The molecule has 1 heterocycles. The lowest BCUT2D eigenvalue weighted by Crippen LogP contribution is -2.26. The van der Waals surface area contributed by atoms with Crippen molar-refractivity contribution in [1.29, 1.82) is 0 Å². The van der Waals surface area contributed by atoms with Crippen molar-refractivity contribution < 1.29 is 23.8 Å². The van der Waals surface area contributed by atoms with Crippen molar-refractivity contribution in [3.63, 3.8) is 0 Å². The average molecular weight is 257 g/mol. The Balaban J connectivity index is 2.42. The second-order valence-electron chi connectivity index (χ2n) is 3.94. The number of ether oxygens (including phenoxy) is 1. The van der Waals surface area contributed by atoms with E-state index in [4.69, 9.17) is 14.3 Å². The molecule has 0 unspecified atom stereocenters. The zero-order chi connectivity index (χ0) is 13.7. The van der Waals surface area contributed by atoms with Crippen LogP contribution in [0.4, 0.5) is 6.01 Å². The molecule has 18 heavy (non-hydrogen) atoms. The normalized spacial score (nSPS) is 12.4. The van der Waals surface area contributed by atoms with Crippen LogP contribution in [0, 0.1) is 0 Å². The summed E-state index contributed by atoms with van der Waals surface area (Å²) in [7, 11) is 0. The van der Waals surface area contributed by atoms with Crippen LogP contribution in [-0.2, 0) is 14.3 Å². The molecule has 1 amide bonds. The number of nitrogens with zero attached hydrogens (tertiary/aromatic N) is 2. The summed E-state index contributed by atoms with van der Waals surface area (Å²) in [6.07, 6.45) is -1.05. The zero-order valence-electron chi connectivity index (χ0n) is 10.3. The Bertz CT molecular complexity index is 429. The SMILES string of the molecule is CC(C)c1nnc(NC(=O)CO[C@@H](C)C(=O)O)o1. The predicted molar refractivity (Wildman–Crippen MR) is 60.1 cm³/mol. The van der Waals surface area contributed by atoms with Gasteiger partial charge in [-0.05, 0) is 6.92 Å². The Morgan fingerprint density at radius 3 is 2.56 bits per heavy atom. The van der Waals surface area contributed by atoms with E-state index in [0.29, 0.717) is 5.89 Å². The summed E-state index contributed by atoms with van der Waals surface area (Å²) in [6, 6.07) is -0.0321. The number of carboxylic acids is 1. The van der Waals surface area contributed by atoms with E-state index in [1.165, 1.54) is 6.92 Å². The summed E-state index contributed by atoms with van der Waals surface area (Å²) < 4.78 is 9.93.